The second-order valence-electron chi connectivity index (χ2n) is 7.98. The number of para-hydroxylation sites is 1. The topological polar surface area (TPSA) is 87.5 Å². The molecule has 3 atom stereocenters. The Bertz CT molecular complexity index is 926. The Morgan fingerprint density at radius 1 is 1.30 bits per heavy atom. The van der Waals surface area contributed by atoms with Crippen LogP contribution in [0.4, 0.5) is 4.79 Å². The molecule has 1 saturated heterocycles. The number of nitrogens with one attached hydrogen (secondary N) is 1. The van der Waals surface area contributed by atoms with Gasteiger partial charge in [0.2, 0.25) is 5.91 Å². The lowest BCUT2D eigenvalue weighted by atomic mass is 9.96. The molecular weight excluding hydrogens is 364 g/mol. The zero-order valence-electron chi connectivity index (χ0n) is 15.9. The minimum Gasteiger partial charge on any atom is -0.465 e. The van der Waals surface area contributed by atoms with Gasteiger partial charge in [0.05, 0.1) is 16.7 Å². The molecule has 27 heavy (non-hydrogen) atoms. The van der Waals surface area contributed by atoms with Gasteiger partial charge < -0.3 is 15.3 Å². The van der Waals surface area contributed by atoms with Gasteiger partial charge in [-0.25, -0.2) is 4.79 Å². The lowest BCUT2D eigenvalue weighted by molar-refractivity contribution is -0.125. The number of benzene rings is 1. The molecule has 1 unspecified atom stereocenters. The predicted molar refractivity (Wildman–Crippen MR) is 104 cm³/mol. The fourth-order valence-electron chi connectivity index (χ4n) is 4.45. The number of nitrogens with zero attached hydrogens (tertiary/aromatic N) is 3. The van der Waals surface area contributed by atoms with Crippen LogP contribution in [0.2, 0.25) is 0 Å². The number of hydrogen-bond acceptors (Lipinski definition) is 4. The summed E-state index contributed by atoms with van der Waals surface area (Å²) >= 11 is 1.68. The zero-order chi connectivity index (χ0) is 19.5. The molecule has 1 aliphatic heterocycles. The Labute approximate surface area is 162 Å². The van der Waals surface area contributed by atoms with Gasteiger partial charge in [-0.1, -0.05) is 12.1 Å². The van der Waals surface area contributed by atoms with E-state index in [9.17, 15) is 9.59 Å². The molecule has 2 N–H and O–H groups in total. The smallest absolute Gasteiger partial charge is 0.407 e. The van der Waals surface area contributed by atoms with Crippen LogP contribution < -0.4 is 5.32 Å². The van der Waals surface area contributed by atoms with E-state index >= 15 is 0 Å². The zero-order valence-corrected chi connectivity index (χ0v) is 16.7. The second-order valence-corrected chi connectivity index (χ2v) is 8.83. The Kier molecular flexibility index (Phi) is 4.14. The second kappa shape index (κ2) is 6.15. The van der Waals surface area contributed by atoms with Crippen LogP contribution in [0.3, 0.4) is 0 Å². The van der Waals surface area contributed by atoms with Gasteiger partial charge >= 0.3 is 6.09 Å². The van der Waals surface area contributed by atoms with Crippen molar-refractivity contribution in [3.63, 3.8) is 0 Å². The molecule has 8 heteroatoms. The fourth-order valence-corrected chi connectivity index (χ4v) is 5.10. The summed E-state index contributed by atoms with van der Waals surface area (Å²) in [6.07, 6.45) is 1.15. The molecule has 1 aromatic heterocycles. The highest BCUT2D eigenvalue weighted by Crippen LogP contribution is 2.52. The predicted octanol–water partition coefficient (Wildman–Crippen LogP) is 2.50. The highest BCUT2D eigenvalue weighted by atomic mass is 32.2. The van der Waals surface area contributed by atoms with Crippen molar-refractivity contribution in [1.29, 1.82) is 0 Å². The molecule has 2 amide bonds. The number of aryl methyl sites for hydroxylation is 1. The van der Waals surface area contributed by atoms with Gasteiger partial charge in [-0.05, 0) is 38.0 Å². The summed E-state index contributed by atoms with van der Waals surface area (Å²) in [5.74, 6) is 0.220. The molecule has 0 spiro atoms. The summed E-state index contributed by atoms with van der Waals surface area (Å²) < 4.78 is 1.88. The summed E-state index contributed by atoms with van der Waals surface area (Å²) in [5.41, 5.74) is 1.31. The molecule has 144 valence electrons. The Hall–Kier alpha value is -2.22. The van der Waals surface area contributed by atoms with E-state index in [0.29, 0.717) is 13.1 Å². The molecule has 1 aromatic carbocycles. The third-order valence-corrected chi connectivity index (χ3v) is 6.61. The van der Waals surface area contributed by atoms with Crippen molar-refractivity contribution in [3.8, 4) is 0 Å². The number of carboxylic acid groups (broad SMARTS) is 1. The first-order valence-corrected chi connectivity index (χ1v) is 10.3. The molecule has 2 aromatic rings. The number of hydrogen-bond donors (Lipinski definition) is 2. The summed E-state index contributed by atoms with van der Waals surface area (Å²) in [4.78, 5) is 26.4. The quantitative estimate of drug-likeness (QED) is 0.786. The van der Waals surface area contributed by atoms with Crippen LogP contribution in [0.1, 0.15) is 19.5 Å². The van der Waals surface area contributed by atoms with Crippen molar-refractivity contribution in [1.82, 2.24) is 20.0 Å². The first-order valence-electron chi connectivity index (χ1n) is 9.04. The minimum absolute atomic E-state index is 0.000127. The Morgan fingerprint density at radius 2 is 1.96 bits per heavy atom. The number of likely N-dealkylation sites (tertiary alicyclic amines) is 1. The average Bonchev–Trinajstić information content (AvgIpc) is 2.94. The molecule has 2 aliphatic rings. The van der Waals surface area contributed by atoms with E-state index in [2.05, 4.69) is 11.4 Å². The van der Waals surface area contributed by atoms with Crippen molar-refractivity contribution in [2.24, 2.45) is 24.8 Å². The number of rotatable bonds is 4. The molecule has 4 rings (SSSR count). The molecule has 0 radical (unpaired) electrons. The third-order valence-electron chi connectivity index (χ3n) is 5.84. The number of amides is 2. The SMILES string of the molecule is CSc1cccc2c(C(C)(C)NC(=O)C3[C@H]4CN(C(=O)O)C[C@@H]34)nn(C)c12. The highest BCUT2D eigenvalue weighted by Gasteiger charge is 2.60. The van der Waals surface area contributed by atoms with Gasteiger partial charge in [0, 0.05) is 36.3 Å². The van der Waals surface area contributed by atoms with Crippen molar-refractivity contribution in [2.45, 2.75) is 24.3 Å². The van der Waals surface area contributed by atoms with Crippen molar-refractivity contribution in [2.75, 3.05) is 19.3 Å². The number of fused-ring (bicyclic) bond motifs is 2. The summed E-state index contributed by atoms with van der Waals surface area (Å²) in [6, 6.07) is 6.13. The standard InChI is InChI=1S/C19H24N4O3S/c1-19(2,16-10-6-5-7-13(27-4)15(10)22(3)21-16)20-17(24)14-11-8-23(18(25)26)9-12(11)14/h5-7,11-12,14H,8-9H2,1-4H3,(H,20,24)(H,25,26)/t11-,12+,14?. The van der Waals surface area contributed by atoms with Crippen LogP contribution in [-0.4, -0.2) is 51.1 Å². The first-order chi connectivity index (χ1) is 12.7. The van der Waals surface area contributed by atoms with Crippen molar-refractivity contribution < 1.29 is 14.7 Å². The Morgan fingerprint density at radius 3 is 2.56 bits per heavy atom. The molecule has 2 heterocycles. The largest absolute Gasteiger partial charge is 0.465 e. The number of aromatic nitrogens is 2. The van der Waals surface area contributed by atoms with Gasteiger partial charge in [0.25, 0.3) is 0 Å². The van der Waals surface area contributed by atoms with E-state index in [-0.39, 0.29) is 23.7 Å². The van der Waals surface area contributed by atoms with Gasteiger partial charge in [-0.2, -0.15) is 5.10 Å². The average molecular weight is 388 g/mol. The molecule has 1 aliphatic carbocycles. The fraction of sp³-hybridized carbons (Fsp3) is 0.526. The maximum absolute atomic E-state index is 12.8. The van der Waals surface area contributed by atoms with Gasteiger partial charge in [0.1, 0.15) is 0 Å². The van der Waals surface area contributed by atoms with E-state index < -0.39 is 11.6 Å². The normalized spacial score (nSPS) is 24.1. The Balaban J connectivity index is 1.54. The van der Waals surface area contributed by atoms with E-state index in [1.807, 2.05) is 44.0 Å². The lowest BCUT2D eigenvalue weighted by Crippen LogP contribution is -2.44. The van der Waals surface area contributed by atoms with E-state index in [1.54, 1.807) is 11.8 Å². The van der Waals surface area contributed by atoms with Crippen LogP contribution in [0.15, 0.2) is 23.1 Å². The summed E-state index contributed by atoms with van der Waals surface area (Å²) in [5, 5.41) is 18.0. The maximum atomic E-state index is 12.8. The van der Waals surface area contributed by atoms with Crippen LogP contribution in [0, 0.1) is 17.8 Å². The van der Waals surface area contributed by atoms with E-state index in [1.165, 1.54) is 4.90 Å². The summed E-state index contributed by atoms with van der Waals surface area (Å²) in [7, 11) is 1.93. The monoisotopic (exact) mass is 388 g/mol. The molecule has 7 nitrogen and oxygen atoms in total. The lowest BCUT2D eigenvalue weighted by Gasteiger charge is -2.26. The van der Waals surface area contributed by atoms with Crippen molar-refractivity contribution in [3.05, 3.63) is 23.9 Å². The van der Waals surface area contributed by atoms with Crippen LogP contribution >= 0.6 is 11.8 Å². The third kappa shape index (κ3) is 2.86. The first kappa shape index (κ1) is 18.2. The molecular formula is C19H24N4O3S. The van der Waals surface area contributed by atoms with E-state index in [4.69, 9.17) is 10.2 Å². The van der Waals surface area contributed by atoms with Crippen LogP contribution in [0.25, 0.3) is 10.9 Å². The maximum Gasteiger partial charge on any atom is 0.407 e. The van der Waals surface area contributed by atoms with Crippen LogP contribution in [0.5, 0.6) is 0 Å². The molecule has 1 saturated carbocycles. The number of thioether (sulfide) groups is 1. The van der Waals surface area contributed by atoms with Crippen molar-refractivity contribution >= 4 is 34.7 Å². The van der Waals surface area contributed by atoms with Gasteiger partial charge in [0.15, 0.2) is 0 Å². The summed E-state index contributed by atoms with van der Waals surface area (Å²) in [6.45, 7) is 4.87. The van der Waals surface area contributed by atoms with Crippen LogP contribution in [-0.2, 0) is 17.4 Å². The van der Waals surface area contributed by atoms with Gasteiger partial charge in [-0.15, -0.1) is 11.8 Å². The number of carbonyl (C=O) groups is 2. The minimum atomic E-state index is -0.897. The number of carbonyl (C=O) groups excluding carboxylic acids is 1. The molecule has 2 fully saturated rings. The molecule has 0 bridgehead atoms. The highest BCUT2D eigenvalue weighted by molar-refractivity contribution is 7.98. The van der Waals surface area contributed by atoms with E-state index in [0.717, 1.165) is 21.5 Å². The van der Waals surface area contributed by atoms with Gasteiger partial charge in [-0.3, -0.25) is 9.48 Å². The number of piperidine rings is 1.